The van der Waals surface area contributed by atoms with Crippen molar-refractivity contribution in [3.05, 3.63) is 64.7 Å². The minimum Gasteiger partial charge on any atom is -0.344 e. The van der Waals surface area contributed by atoms with E-state index in [4.69, 9.17) is 11.6 Å². The molecule has 0 aromatic heterocycles. The Morgan fingerprint density at radius 2 is 1.76 bits per heavy atom. The van der Waals surface area contributed by atoms with Crippen molar-refractivity contribution >= 4 is 35.0 Å². The number of anilines is 1. The van der Waals surface area contributed by atoms with Gasteiger partial charge >= 0.3 is 11.8 Å². The number of likely N-dealkylation sites (N-methyl/N-ethyl adjacent to an activating group) is 1. The molecule has 1 aliphatic rings. The van der Waals surface area contributed by atoms with Gasteiger partial charge in [-0.25, -0.2) is 0 Å². The first-order chi connectivity index (χ1) is 12.0. The highest BCUT2D eigenvalue weighted by Gasteiger charge is 2.36. The lowest BCUT2D eigenvalue weighted by Crippen LogP contribution is -2.43. The van der Waals surface area contributed by atoms with E-state index in [2.05, 4.69) is 10.6 Å². The average molecular weight is 358 g/mol. The molecule has 0 spiro atoms. The fraction of sp³-hybridized carbons (Fsp3) is 0.167. The minimum absolute atomic E-state index is 0.126. The quantitative estimate of drug-likeness (QED) is 0.822. The molecule has 7 heteroatoms. The minimum atomic E-state index is -0.865. The summed E-state index contributed by atoms with van der Waals surface area (Å²) in [7, 11) is 1.63. The van der Waals surface area contributed by atoms with Gasteiger partial charge in [0.05, 0.1) is 0 Å². The molecule has 2 aromatic rings. The summed E-state index contributed by atoms with van der Waals surface area (Å²) in [4.78, 5) is 37.9. The summed E-state index contributed by atoms with van der Waals surface area (Å²) in [5, 5.41) is 5.50. The van der Waals surface area contributed by atoms with Gasteiger partial charge in [0.1, 0.15) is 6.04 Å². The molecule has 0 bridgehead atoms. The number of para-hydroxylation sites is 1. The Morgan fingerprint density at radius 1 is 1.08 bits per heavy atom. The molecule has 6 nitrogen and oxygen atoms in total. The summed E-state index contributed by atoms with van der Waals surface area (Å²) in [5.41, 5.74) is 2.09. The zero-order valence-corrected chi connectivity index (χ0v) is 14.2. The lowest BCUT2D eigenvalue weighted by molar-refractivity contribution is -0.140. The Morgan fingerprint density at radius 3 is 2.52 bits per heavy atom. The van der Waals surface area contributed by atoms with Crippen LogP contribution in [0, 0.1) is 0 Å². The van der Waals surface area contributed by atoms with E-state index < -0.39 is 17.9 Å². The molecule has 1 aliphatic heterocycles. The summed E-state index contributed by atoms with van der Waals surface area (Å²) in [6.45, 7) is 0.126. The van der Waals surface area contributed by atoms with Crippen molar-refractivity contribution in [3.8, 4) is 0 Å². The van der Waals surface area contributed by atoms with Crippen LogP contribution in [0.25, 0.3) is 0 Å². The zero-order chi connectivity index (χ0) is 18.0. The third kappa shape index (κ3) is 3.34. The first-order valence-electron chi connectivity index (χ1n) is 7.67. The molecular formula is C18H16ClN3O3. The van der Waals surface area contributed by atoms with E-state index in [0.717, 1.165) is 0 Å². The summed E-state index contributed by atoms with van der Waals surface area (Å²) in [6.07, 6.45) is 0. The largest absolute Gasteiger partial charge is 0.344 e. The maximum atomic E-state index is 12.3. The first kappa shape index (κ1) is 17.0. The molecule has 1 atom stereocenters. The SMILES string of the molecule is CN1C(=O)[C@H](NC(=O)C(=O)NCc2ccccc2Cl)c2ccccc21. The molecule has 0 saturated heterocycles. The molecule has 1 heterocycles. The van der Waals surface area contributed by atoms with Crippen molar-refractivity contribution in [3.63, 3.8) is 0 Å². The Labute approximate surface area is 149 Å². The number of rotatable bonds is 3. The predicted octanol–water partition coefficient (Wildman–Crippen LogP) is 1.79. The second-order valence-corrected chi connectivity index (χ2v) is 6.04. The van der Waals surface area contributed by atoms with Crippen LogP contribution in [0.5, 0.6) is 0 Å². The Bertz CT molecular complexity index is 853. The Balaban J connectivity index is 1.65. The number of benzene rings is 2. The maximum absolute atomic E-state index is 12.3. The Kier molecular flexibility index (Phi) is 4.72. The molecule has 3 rings (SSSR count). The number of carbonyl (C=O) groups excluding carboxylic acids is 3. The van der Waals surface area contributed by atoms with Gasteiger partial charge < -0.3 is 15.5 Å². The number of halogens is 1. The number of fused-ring (bicyclic) bond motifs is 1. The van der Waals surface area contributed by atoms with E-state index in [1.165, 1.54) is 4.90 Å². The molecule has 3 amide bonds. The van der Waals surface area contributed by atoms with Gasteiger partial charge in [0.15, 0.2) is 0 Å². The average Bonchev–Trinajstić information content (AvgIpc) is 2.86. The topological polar surface area (TPSA) is 78.5 Å². The smallest absolute Gasteiger partial charge is 0.310 e. The van der Waals surface area contributed by atoms with Crippen molar-refractivity contribution in [2.24, 2.45) is 0 Å². The second kappa shape index (κ2) is 6.94. The van der Waals surface area contributed by atoms with Gasteiger partial charge in [0.2, 0.25) is 0 Å². The number of carbonyl (C=O) groups is 3. The maximum Gasteiger partial charge on any atom is 0.310 e. The fourth-order valence-corrected chi connectivity index (χ4v) is 2.92. The van der Waals surface area contributed by atoms with E-state index >= 15 is 0 Å². The molecule has 0 radical (unpaired) electrons. The fourth-order valence-electron chi connectivity index (χ4n) is 2.72. The highest BCUT2D eigenvalue weighted by atomic mass is 35.5. The number of hydrogen-bond acceptors (Lipinski definition) is 3. The summed E-state index contributed by atoms with van der Waals surface area (Å²) < 4.78 is 0. The number of nitrogens with zero attached hydrogens (tertiary/aromatic N) is 1. The van der Waals surface area contributed by atoms with Crippen molar-refractivity contribution in [2.75, 3.05) is 11.9 Å². The lowest BCUT2D eigenvalue weighted by Gasteiger charge is -2.13. The van der Waals surface area contributed by atoms with E-state index in [1.54, 1.807) is 49.5 Å². The van der Waals surface area contributed by atoms with Crippen LogP contribution in [0.15, 0.2) is 48.5 Å². The molecule has 0 saturated carbocycles. The second-order valence-electron chi connectivity index (χ2n) is 5.64. The zero-order valence-electron chi connectivity index (χ0n) is 13.5. The van der Waals surface area contributed by atoms with Gasteiger partial charge in [-0.05, 0) is 17.7 Å². The van der Waals surface area contributed by atoms with Crippen molar-refractivity contribution < 1.29 is 14.4 Å². The van der Waals surface area contributed by atoms with E-state index in [-0.39, 0.29) is 12.5 Å². The monoisotopic (exact) mass is 357 g/mol. The van der Waals surface area contributed by atoms with E-state index in [0.29, 0.717) is 21.8 Å². The van der Waals surface area contributed by atoms with Crippen LogP contribution in [0.2, 0.25) is 5.02 Å². The third-order valence-electron chi connectivity index (χ3n) is 4.07. The summed E-state index contributed by atoms with van der Waals surface area (Å²) >= 11 is 6.01. The highest BCUT2D eigenvalue weighted by Crippen LogP contribution is 2.34. The van der Waals surface area contributed by atoms with E-state index in [9.17, 15) is 14.4 Å². The van der Waals surface area contributed by atoms with Crippen LogP contribution in [-0.2, 0) is 20.9 Å². The Hall–Kier alpha value is -2.86. The number of nitrogens with one attached hydrogen (secondary N) is 2. The van der Waals surface area contributed by atoms with Crippen molar-refractivity contribution in [2.45, 2.75) is 12.6 Å². The highest BCUT2D eigenvalue weighted by molar-refractivity contribution is 6.36. The first-order valence-corrected chi connectivity index (χ1v) is 8.05. The van der Waals surface area contributed by atoms with Crippen LogP contribution in [-0.4, -0.2) is 24.8 Å². The normalized spacial score (nSPS) is 15.7. The number of hydrogen-bond donors (Lipinski definition) is 2. The molecule has 0 fully saturated rings. The third-order valence-corrected chi connectivity index (χ3v) is 4.43. The standard InChI is InChI=1S/C18H16ClN3O3/c1-22-14-9-5-3-7-12(14)15(18(22)25)21-17(24)16(23)20-10-11-6-2-4-8-13(11)19/h2-9,15H,10H2,1H3,(H,20,23)(H,21,24)/t15-/m1/s1. The molecule has 25 heavy (non-hydrogen) atoms. The van der Waals surface area contributed by atoms with Crippen LogP contribution < -0.4 is 15.5 Å². The molecular weight excluding hydrogens is 342 g/mol. The molecule has 0 unspecified atom stereocenters. The van der Waals surface area contributed by atoms with Crippen molar-refractivity contribution in [1.82, 2.24) is 10.6 Å². The summed E-state index contributed by atoms with van der Waals surface area (Å²) in [6, 6.07) is 13.3. The van der Waals surface area contributed by atoms with Crippen LogP contribution in [0.4, 0.5) is 5.69 Å². The molecule has 2 aromatic carbocycles. The van der Waals surface area contributed by atoms with Gasteiger partial charge in [-0.2, -0.15) is 0 Å². The lowest BCUT2D eigenvalue weighted by atomic mass is 10.1. The summed E-state index contributed by atoms with van der Waals surface area (Å²) in [5.74, 6) is -1.97. The van der Waals surface area contributed by atoms with Crippen LogP contribution in [0.1, 0.15) is 17.2 Å². The van der Waals surface area contributed by atoms with Gasteiger partial charge in [-0.3, -0.25) is 14.4 Å². The van der Waals surface area contributed by atoms with Crippen LogP contribution in [0.3, 0.4) is 0 Å². The van der Waals surface area contributed by atoms with Gasteiger partial charge in [0.25, 0.3) is 5.91 Å². The van der Waals surface area contributed by atoms with Crippen molar-refractivity contribution in [1.29, 1.82) is 0 Å². The number of amides is 3. The van der Waals surface area contributed by atoms with Crippen LogP contribution >= 0.6 is 11.6 Å². The molecule has 2 N–H and O–H groups in total. The van der Waals surface area contributed by atoms with E-state index in [1.807, 2.05) is 6.07 Å². The van der Waals surface area contributed by atoms with Gasteiger partial charge in [-0.1, -0.05) is 48.0 Å². The van der Waals surface area contributed by atoms with Gasteiger partial charge in [0, 0.05) is 29.9 Å². The predicted molar refractivity (Wildman–Crippen MR) is 94.0 cm³/mol. The molecule has 0 aliphatic carbocycles. The van der Waals surface area contributed by atoms with Gasteiger partial charge in [-0.15, -0.1) is 0 Å². The molecule has 128 valence electrons.